The summed E-state index contributed by atoms with van der Waals surface area (Å²) in [6.45, 7) is 0. The number of nitrogens with one attached hydrogen (secondary N) is 1. The molecule has 0 bridgehead atoms. The molecule has 250 valence electrons. The fraction of sp³-hybridized carbons (Fsp3) is 0.0217. The Kier molecular flexibility index (Phi) is 6.48. The highest BCUT2D eigenvalue weighted by Gasteiger charge is 2.25. The van der Waals surface area contributed by atoms with Crippen molar-refractivity contribution >= 4 is 66.2 Å². The van der Waals surface area contributed by atoms with E-state index in [4.69, 9.17) is 15.1 Å². The molecule has 0 amide bonds. The third-order valence-electron chi connectivity index (χ3n) is 10.4. The van der Waals surface area contributed by atoms with Crippen LogP contribution >= 0.6 is 0 Å². The molecule has 0 fully saturated rings. The molecule has 10 aromatic rings. The minimum Gasteiger partial charge on any atom is -0.324 e. The minimum atomic E-state index is -0.519. The van der Waals surface area contributed by atoms with Crippen LogP contribution in [0.3, 0.4) is 0 Å². The van der Waals surface area contributed by atoms with E-state index in [9.17, 15) is 0 Å². The lowest BCUT2D eigenvalue weighted by Gasteiger charge is -2.24. The van der Waals surface area contributed by atoms with Crippen molar-refractivity contribution in [3.8, 4) is 11.4 Å². The van der Waals surface area contributed by atoms with Crippen molar-refractivity contribution in [2.24, 2.45) is 9.98 Å². The van der Waals surface area contributed by atoms with Crippen molar-refractivity contribution in [1.82, 2.24) is 24.2 Å². The molecule has 3 aromatic heterocycles. The van der Waals surface area contributed by atoms with E-state index in [2.05, 4.69) is 142 Å². The van der Waals surface area contributed by atoms with Gasteiger partial charge in [-0.3, -0.25) is 4.57 Å². The zero-order valence-electron chi connectivity index (χ0n) is 28.5. The van der Waals surface area contributed by atoms with E-state index in [-0.39, 0.29) is 0 Å². The maximum Gasteiger partial charge on any atom is 0.224 e. The molecule has 0 unspecified atom stereocenters. The number of hydrogen-bond donors (Lipinski definition) is 1. The first-order valence-corrected chi connectivity index (χ1v) is 17.8. The highest BCUT2D eigenvalue weighted by atomic mass is 15.3. The van der Waals surface area contributed by atoms with E-state index in [0.717, 1.165) is 77.9 Å². The number of amidine groups is 2. The van der Waals surface area contributed by atoms with Crippen LogP contribution < -0.4 is 5.32 Å². The molecular formula is C46H31N7. The first-order chi connectivity index (χ1) is 26.3. The van der Waals surface area contributed by atoms with Gasteiger partial charge in [-0.25, -0.2) is 14.7 Å². The Morgan fingerprint density at radius 2 is 1.00 bits per heavy atom. The van der Waals surface area contributed by atoms with Gasteiger partial charge < -0.3 is 9.88 Å². The lowest BCUT2D eigenvalue weighted by molar-refractivity contribution is 0.575. The van der Waals surface area contributed by atoms with Crippen LogP contribution in [-0.2, 0) is 0 Å². The summed E-state index contributed by atoms with van der Waals surface area (Å²) in [6.07, 6.45) is 1.45. The van der Waals surface area contributed by atoms with Crippen LogP contribution in [0.5, 0.6) is 0 Å². The average Bonchev–Trinajstić information content (AvgIpc) is 3.90. The van der Waals surface area contributed by atoms with E-state index in [1.807, 2.05) is 53.3 Å². The molecule has 1 aliphatic rings. The highest BCUT2D eigenvalue weighted by molar-refractivity contribution is 6.17. The van der Waals surface area contributed by atoms with Gasteiger partial charge in [-0.15, -0.1) is 0 Å². The summed E-state index contributed by atoms with van der Waals surface area (Å²) in [5.74, 6) is 1.58. The first-order valence-electron chi connectivity index (χ1n) is 17.8. The predicted octanol–water partition coefficient (Wildman–Crippen LogP) is 10.2. The van der Waals surface area contributed by atoms with Gasteiger partial charge in [0.15, 0.2) is 0 Å². The third-order valence-corrected chi connectivity index (χ3v) is 10.4. The molecule has 0 atom stereocenters. The van der Waals surface area contributed by atoms with Crippen molar-refractivity contribution < 1.29 is 0 Å². The normalized spacial score (nSPS) is 13.6. The summed E-state index contributed by atoms with van der Waals surface area (Å²) in [6, 6.07) is 59.5. The summed E-state index contributed by atoms with van der Waals surface area (Å²) in [4.78, 5) is 10.5. The van der Waals surface area contributed by atoms with Gasteiger partial charge in [-0.2, -0.15) is 5.10 Å². The summed E-state index contributed by atoms with van der Waals surface area (Å²) in [7, 11) is 0. The second kappa shape index (κ2) is 11.6. The summed E-state index contributed by atoms with van der Waals surface area (Å²) >= 11 is 0. The molecule has 0 saturated carbocycles. The van der Waals surface area contributed by atoms with Crippen LogP contribution in [0.2, 0.25) is 0 Å². The highest BCUT2D eigenvalue weighted by Crippen LogP contribution is 2.39. The Labute approximate surface area is 304 Å². The molecule has 4 heterocycles. The zero-order valence-corrected chi connectivity index (χ0v) is 28.5. The molecule has 1 aliphatic heterocycles. The Morgan fingerprint density at radius 1 is 0.434 bits per heavy atom. The largest absolute Gasteiger partial charge is 0.324 e. The van der Waals surface area contributed by atoms with Gasteiger partial charge in [-0.1, -0.05) is 115 Å². The van der Waals surface area contributed by atoms with E-state index < -0.39 is 6.29 Å². The third kappa shape index (κ3) is 4.64. The van der Waals surface area contributed by atoms with Gasteiger partial charge in [-0.05, 0) is 54.6 Å². The Hall–Kier alpha value is -7.25. The van der Waals surface area contributed by atoms with Crippen LogP contribution in [0.4, 0.5) is 0 Å². The molecule has 0 spiro atoms. The standard InChI is InChI=1S/C46H31N7/c1-4-14-30(15-5-1)44-48-45(31-16-6-2-7-17-31)50-46(49-44)52-40-23-13-11-21-36(40)38-27-34(24-25-41(38)52)51-39-22-12-10-20-35(39)37-26-32-29-47-53(42(32)28-43(37)51)33-18-8-3-9-19-33/h1-29,46H,(H,48,49,50). The van der Waals surface area contributed by atoms with Crippen LogP contribution in [0.25, 0.3) is 65.9 Å². The van der Waals surface area contributed by atoms with Crippen LogP contribution in [0.1, 0.15) is 17.4 Å². The molecule has 0 radical (unpaired) electrons. The summed E-state index contributed by atoms with van der Waals surface area (Å²) < 4.78 is 6.69. The van der Waals surface area contributed by atoms with Gasteiger partial charge in [0.05, 0.1) is 39.5 Å². The number of nitrogens with zero attached hydrogens (tertiary/aromatic N) is 6. The van der Waals surface area contributed by atoms with Crippen molar-refractivity contribution in [2.45, 2.75) is 6.29 Å². The van der Waals surface area contributed by atoms with Crippen LogP contribution in [0, 0.1) is 0 Å². The predicted molar refractivity (Wildman–Crippen MR) is 217 cm³/mol. The molecule has 1 N–H and O–H groups in total. The van der Waals surface area contributed by atoms with Crippen LogP contribution in [-0.4, -0.2) is 30.6 Å². The first kappa shape index (κ1) is 29.5. The van der Waals surface area contributed by atoms with Crippen molar-refractivity contribution in [3.05, 3.63) is 187 Å². The fourth-order valence-corrected chi connectivity index (χ4v) is 7.96. The second-order valence-corrected chi connectivity index (χ2v) is 13.4. The maximum absolute atomic E-state index is 5.25. The number of aromatic nitrogens is 4. The van der Waals surface area contributed by atoms with Crippen LogP contribution in [0.15, 0.2) is 186 Å². The molecular weight excluding hydrogens is 651 g/mol. The number of para-hydroxylation sites is 3. The average molecular weight is 682 g/mol. The molecule has 7 heteroatoms. The molecule has 7 nitrogen and oxygen atoms in total. The molecule has 7 aromatic carbocycles. The lowest BCUT2D eigenvalue weighted by atomic mass is 10.1. The van der Waals surface area contributed by atoms with Gasteiger partial charge in [0, 0.05) is 43.7 Å². The van der Waals surface area contributed by atoms with E-state index >= 15 is 0 Å². The Bertz CT molecular complexity index is 3020. The minimum absolute atomic E-state index is 0.519. The van der Waals surface area contributed by atoms with Crippen molar-refractivity contribution in [1.29, 1.82) is 0 Å². The van der Waals surface area contributed by atoms with E-state index in [1.54, 1.807) is 0 Å². The molecule has 0 aliphatic carbocycles. The number of aliphatic imine (C=N–C) groups is 2. The van der Waals surface area contributed by atoms with Crippen molar-refractivity contribution in [2.75, 3.05) is 0 Å². The Morgan fingerprint density at radius 3 is 1.70 bits per heavy atom. The number of hydrogen-bond acceptors (Lipinski definition) is 4. The van der Waals surface area contributed by atoms with Gasteiger partial charge in [0.1, 0.15) is 11.7 Å². The van der Waals surface area contributed by atoms with Gasteiger partial charge in [0.2, 0.25) is 6.29 Å². The molecule has 11 rings (SSSR count). The quantitative estimate of drug-likeness (QED) is 0.197. The van der Waals surface area contributed by atoms with Gasteiger partial charge >= 0.3 is 0 Å². The molecule has 0 saturated heterocycles. The number of benzene rings is 7. The topological polar surface area (TPSA) is 64.4 Å². The second-order valence-electron chi connectivity index (χ2n) is 13.4. The smallest absolute Gasteiger partial charge is 0.224 e. The van der Waals surface area contributed by atoms with E-state index in [0.29, 0.717) is 0 Å². The molecule has 53 heavy (non-hydrogen) atoms. The monoisotopic (exact) mass is 681 g/mol. The number of rotatable bonds is 5. The maximum atomic E-state index is 5.25. The zero-order chi connectivity index (χ0) is 34.9. The van der Waals surface area contributed by atoms with Crippen molar-refractivity contribution in [3.63, 3.8) is 0 Å². The lowest BCUT2D eigenvalue weighted by Crippen LogP contribution is -2.36. The summed E-state index contributed by atoms with van der Waals surface area (Å²) in [5, 5.41) is 14.1. The fourth-order valence-electron chi connectivity index (χ4n) is 7.96. The Balaban J connectivity index is 1.14. The van der Waals surface area contributed by atoms with E-state index in [1.165, 1.54) is 10.8 Å². The SMILES string of the molecule is c1ccc(C2=NC(n3c4ccccc4c4cc(-n5c6ccccc6c6cc7cnn(-c8ccccc8)c7cc65)ccc43)N=C(c3ccccc3)N2)cc1. The number of fused-ring (bicyclic) bond motifs is 7. The summed E-state index contributed by atoms with van der Waals surface area (Å²) in [5.41, 5.74) is 9.65. The van der Waals surface area contributed by atoms with Gasteiger partial charge in [0.25, 0.3) is 0 Å².